The summed E-state index contributed by atoms with van der Waals surface area (Å²) < 4.78 is 0. The maximum atomic E-state index is 4.94. The predicted molar refractivity (Wildman–Crippen MR) is 93.8 cm³/mol. The van der Waals surface area contributed by atoms with E-state index in [1.807, 2.05) is 17.5 Å². The van der Waals surface area contributed by atoms with Crippen LogP contribution in [0.5, 0.6) is 0 Å². The fourth-order valence-electron chi connectivity index (χ4n) is 3.04. The van der Waals surface area contributed by atoms with Gasteiger partial charge in [-0.05, 0) is 62.6 Å². The number of aryl methyl sites for hydroxylation is 4. The van der Waals surface area contributed by atoms with E-state index >= 15 is 0 Å². The summed E-state index contributed by atoms with van der Waals surface area (Å²) in [6.07, 6.45) is 5.37. The smallest absolute Gasteiger partial charge is 0.156 e. The number of fused-ring (bicyclic) bond motifs is 1. The number of aromatic nitrogens is 3. The van der Waals surface area contributed by atoms with E-state index in [2.05, 4.69) is 44.1 Å². The number of aromatic amines is 1. The fourth-order valence-corrected chi connectivity index (χ4v) is 3.97. The quantitative estimate of drug-likeness (QED) is 0.714. The lowest BCUT2D eigenvalue weighted by Crippen LogP contribution is -2.07. The van der Waals surface area contributed by atoms with Crippen molar-refractivity contribution in [2.75, 3.05) is 0 Å². The van der Waals surface area contributed by atoms with E-state index < -0.39 is 0 Å². The van der Waals surface area contributed by atoms with Crippen LogP contribution in [0.1, 0.15) is 53.1 Å². The second-order valence-electron chi connectivity index (χ2n) is 6.03. The number of H-pyrrole nitrogens is 1. The lowest BCUT2D eigenvalue weighted by atomic mass is 9.94. The van der Waals surface area contributed by atoms with Gasteiger partial charge >= 0.3 is 0 Å². The predicted octanol–water partition coefficient (Wildman–Crippen LogP) is 5.07. The van der Waals surface area contributed by atoms with Crippen LogP contribution in [0.4, 0.5) is 0 Å². The number of thiophene rings is 1. The third kappa shape index (κ3) is 2.80. The highest BCUT2D eigenvalue weighted by atomic mass is 32.1. The van der Waals surface area contributed by atoms with Crippen LogP contribution >= 0.6 is 11.3 Å². The Morgan fingerprint density at radius 1 is 1.18 bits per heavy atom. The van der Waals surface area contributed by atoms with Crippen LogP contribution in [0, 0.1) is 20.8 Å². The van der Waals surface area contributed by atoms with Crippen molar-refractivity contribution in [1.82, 2.24) is 15.0 Å². The molecule has 3 heterocycles. The summed E-state index contributed by atoms with van der Waals surface area (Å²) in [5.41, 5.74) is 6.75. The van der Waals surface area contributed by atoms with Crippen LogP contribution in [0.25, 0.3) is 11.2 Å². The van der Waals surface area contributed by atoms with Crippen LogP contribution in [-0.2, 0) is 6.42 Å². The minimum atomic E-state index is 0.479. The van der Waals surface area contributed by atoms with Gasteiger partial charge in [-0.1, -0.05) is 6.92 Å². The molecule has 22 heavy (non-hydrogen) atoms. The summed E-state index contributed by atoms with van der Waals surface area (Å²) in [6.45, 7) is 8.62. The number of nitrogens with one attached hydrogen (secondary N) is 1. The molecule has 0 bridgehead atoms. The fraction of sp³-hybridized carbons (Fsp3) is 0.444. The molecule has 0 aromatic carbocycles. The highest BCUT2D eigenvalue weighted by Crippen LogP contribution is 2.29. The van der Waals surface area contributed by atoms with Crippen molar-refractivity contribution in [2.45, 2.75) is 52.9 Å². The molecular formula is C18H23N3S. The lowest BCUT2D eigenvalue weighted by molar-refractivity contribution is 0.588. The first-order valence-corrected chi connectivity index (χ1v) is 8.83. The number of hydrogen-bond acceptors (Lipinski definition) is 3. The van der Waals surface area contributed by atoms with Crippen LogP contribution < -0.4 is 0 Å². The maximum Gasteiger partial charge on any atom is 0.156 e. The topological polar surface area (TPSA) is 41.6 Å². The average molecular weight is 313 g/mol. The van der Waals surface area contributed by atoms with Gasteiger partial charge in [-0.2, -0.15) is 0 Å². The highest BCUT2D eigenvalue weighted by Gasteiger charge is 2.17. The Labute approximate surface area is 135 Å². The molecule has 1 atom stereocenters. The van der Waals surface area contributed by atoms with Crippen LogP contribution in [0.2, 0.25) is 0 Å². The second-order valence-corrected chi connectivity index (χ2v) is 7.03. The molecule has 0 amide bonds. The zero-order valence-corrected chi connectivity index (χ0v) is 14.5. The van der Waals surface area contributed by atoms with Gasteiger partial charge in [-0.15, -0.1) is 11.3 Å². The zero-order chi connectivity index (χ0) is 15.7. The Hall–Kier alpha value is -1.68. The second kappa shape index (κ2) is 6.21. The van der Waals surface area contributed by atoms with Gasteiger partial charge in [0, 0.05) is 17.0 Å². The first-order chi connectivity index (χ1) is 10.6. The first-order valence-electron chi connectivity index (χ1n) is 7.95. The molecule has 3 rings (SSSR count). The normalized spacial score (nSPS) is 12.9. The molecule has 3 aromatic heterocycles. The van der Waals surface area contributed by atoms with Gasteiger partial charge in [0.05, 0.1) is 11.4 Å². The largest absolute Gasteiger partial charge is 0.345 e. The van der Waals surface area contributed by atoms with Crippen LogP contribution in [0.3, 0.4) is 0 Å². The standard InChI is InChI=1S/C18H23N3S/c1-5-14(6-7-15-11(2)8-9-22-15)17-13(4)20-18-16(21-17)12(3)10-19-18/h8-10,14H,5-7H2,1-4H3,(H,19,20). The molecule has 0 saturated carbocycles. The van der Waals surface area contributed by atoms with E-state index in [1.165, 1.54) is 21.7 Å². The summed E-state index contributed by atoms with van der Waals surface area (Å²) in [7, 11) is 0. The third-order valence-electron chi connectivity index (χ3n) is 4.47. The molecule has 0 spiro atoms. The van der Waals surface area contributed by atoms with E-state index in [0.29, 0.717) is 5.92 Å². The van der Waals surface area contributed by atoms with Gasteiger partial charge < -0.3 is 4.98 Å². The average Bonchev–Trinajstić information content (AvgIpc) is 3.07. The highest BCUT2D eigenvalue weighted by molar-refractivity contribution is 7.10. The molecule has 4 heteroatoms. The van der Waals surface area contributed by atoms with E-state index in [-0.39, 0.29) is 0 Å². The van der Waals surface area contributed by atoms with Gasteiger partial charge in [0.15, 0.2) is 5.65 Å². The molecule has 0 aliphatic carbocycles. The molecule has 0 saturated heterocycles. The zero-order valence-electron chi connectivity index (χ0n) is 13.7. The summed E-state index contributed by atoms with van der Waals surface area (Å²) in [4.78, 5) is 14.4. The Kier molecular flexibility index (Phi) is 4.30. The molecule has 116 valence electrons. The third-order valence-corrected chi connectivity index (χ3v) is 5.56. The van der Waals surface area contributed by atoms with Crippen molar-refractivity contribution >= 4 is 22.5 Å². The Morgan fingerprint density at radius 3 is 2.68 bits per heavy atom. The summed E-state index contributed by atoms with van der Waals surface area (Å²) in [5.74, 6) is 0.479. The van der Waals surface area contributed by atoms with E-state index in [4.69, 9.17) is 9.97 Å². The van der Waals surface area contributed by atoms with Crippen molar-refractivity contribution in [3.63, 3.8) is 0 Å². The maximum absolute atomic E-state index is 4.94. The van der Waals surface area contributed by atoms with E-state index in [9.17, 15) is 0 Å². The van der Waals surface area contributed by atoms with Crippen molar-refractivity contribution in [3.8, 4) is 0 Å². The molecule has 1 unspecified atom stereocenters. The molecular weight excluding hydrogens is 290 g/mol. The summed E-state index contributed by atoms with van der Waals surface area (Å²) in [6, 6.07) is 2.21. The molecule has 3 aromatic rings. The van der Waals surface area contributed by atoms with Gasteiger partial charge in [-0.25, -0.2) is 9.97 Å². The number of hydrogen-bond donors (Lipinski definition) is 1. The minimum absolute atomic E-state index is 0.479. The molecule has 0 fully saturated rings. The summed E-state index contributed by atoms with van der Waals surface area (Å²) in [5, 5.41) is 2.19. The Morgan fingerprint density at radius 2 is 2.00 bits per heavy atom. The van der Waals surface area contributed by atoms with E-state index in [1.54, 1.807) is 0 Å². The lowest BCUT2D eigenvalue weighted by Gasteiger charge is -2.16. The molecule has 1 N–H and O–H groups in total. The van der Waals surface area contributed by atoms with Crippen molar-refractivity contribution in [1.29, 1.82) is 0 Å². The Bertz CT molecular complexity index is 785. The molecule has 3 nitrogen and oxygen atoms in total. The van der Waals surface area contributed by atoms with Crippen LogP contribution in [-0.4, -0.2) is 15.0 Å². The van der Waals surface area contributed by atoms with Crippen molar-refractivity contribution < 1.29 is 0 Å². The van der Waals surface area contributed by atoms with E-state index in [0.717, 1.165) is 36.1 Å². The van der Waals surface area contributed by atoms with Gasteiger partial charge in [0.2, 0.25) is 0 Å². The molecule has 0 aliphatic rings. The van der Waals surface area contributed by atoms with Crippen molar-refractivity contribution in [2.24, 2.45) is 0 Å². The minimum Gasteiger partial charge on any atom is -0.345 e. The monoisotopic (exact) mass is 313 g/mol. The number of nitrogens with zero attached hydrogens (tertiary/aromatic N) is 2. The SMILES string of the molecule is CCC(CCc1sccc1C)c1nc2c(C)c[nH]c2nc1C. The first kappa shape index (κ1) is 15.2. The number of rotatable bonds is 5. The van der Waals surface area contributed by atoms with Crippen molar-refractivity contribution in [3.05, 3.63) is 45.0 Å². The van der Waals surface area contributed by atoms with Crippen LogP contribution in [0.15, 0.2) is 17.6 Å². The molecule has 0 aliphatic heterocycles. The molecule has 0 radical (unpaired) electrons. The van der Waals surface area contributed by atoms with Gasteiger partial charge in [0.1, 0.15) is 5.52 Å². The summed E-state index contributed by atoms with van der Waals surface area (Å²) >= 11 is 1.87. The van der Waals surface area contributed by atoms with Gasteiger partial charge in [0.25, 0.3) is 0 Å². The van der Waals surface area contributed by atoms with Gasteiger partial charge in [-0.3, -0.25) is 0 Å². The Balaban J connectivity index is 1.87.